The van der Waals surface area contributed by atoms with Crippen LogP contribution < -0.4 is 9.47 Å². The topological polar surface area (TPSA) is 42.2 Å². The van der Waals surface area contributed by atoms with E-state index in [-0.39, 0.29) is 0 Å². The molecule has 4 heteroatoms. The summed E-state index contributed by atoms with van der Waals surface area (Å²) in [6, 6.07) is 12.9. The molecule has 0 aromatic heterocycles. The Hall–Kier alpha value is -2.18. The summed E-state index contributed by atoms with van der Waals surface area (Å²) in [5.74, 6) is 1.24. The van der Waals surface area contributed by atoms with Crippen molar-refractivity contribution in [2.24, 2.45) is 0 Å². The molecule has 3 nitrogen and oxygen atoms in total. The number of aryl methyl sites for hydroxylation is 1. The van der Waals surface area contributed by atoms with E-state index in [1.807, 2.05) is 25.1 Å². The number of hydrogen-bond donors (Lipinski definition) is 0. The largest absolute Gasteiger partial charge is 0.496 e. The van der Waals surface area contributed by atoms with Gasteiger partial charge < -0.3 is 9.47 Å². The van der Waals surface area contributed by atoms with Crippen LogP contribution >= 0.6 is 11.6 Å². The third-order valence-corrected chi connectivity index (χ3v) is 3.12. The van der Waals surface area contributed by atoms with E-state index >= 15 is 0 Å². The third-order valence-electron chi connectivity index (χ3n) is 2.88. The zero-order valence-corrected chi connectivity index (χ0v) is 12.1. The molecule has 2 rings (SSSR count). The quantitative estimate of drug-likeness (QED) is 0.850. The molecule has 0 spiro atoms. The molecule has 0 saturated heterocycles. The van der Waals surface area contributed by atoms with Gasteiger partial charge in [-0.25, -0.2) is 0 Å². The van der Waals surface area contributed by atoms with Crippen LogP contribution in [0.15, 0.2) is 36.4 Å². The van der Waals surface area contributed by atoms with E-state index in [1.54, 1.807) is 25.3 Å². The zero-order chi connectivity index (χ0) is 14.5. The lowest BCUT2D eigenvalue weighted by molar-refractivity contribution is 0.296. The number of benzene rings is 2. The lowest BCUT2D eigenvalue weighted by atomic mass is 10.1. The molecular weight excluding hydrogens is 274 g/mol. The molecule has 0 unspecified atom stereocenters. The summed E-state index contributed by atoms with van der Waals surface area (Å²) in [5, 5.41) is 9.59. The second-order valence-corrected chi connectivity index (χ2v) is 4.79. The minimum Gasteiger partial charge on any atom is -0.496 e. The second kappa shape index (κ2) is 6.31. The van der Waals surface area contributed by atoms with E-state index < -0.39 is 0 Å². The summed E-state index contributed by atoms with van der Waals surface area (Å²) < 4.78 is 11.0. The normalized spacial score (nSPS) is 9.90. The molecule has 0 aliphatic carbocycles. The number of methoxy groups -OCH3 is 1. The maximum atomic E-state index is 9.05. The van der Waals surface area contributed by atoms with Crippen molar-refractivity contribution in [2.75, 3.05) is 7.11 Å². The van der Waals surface area contributed by atoms with Gasteiger partial charge in [-0.2, -0.15) is 5.26 Å². The predicted molar refractivity (Wildman–Crippen MR) is 78.2 cm³/mol. The monoisotopic (exact) mass is 287 g/mol. The van der Waals surface area contributed by atoms with Gasteiger partial charge in [-0.05, 0) is 31.2 Å². The highest BCUT2D eigenvalue weighted by Crippen LogP contribution is 2.26. The lowest BCUT2D eigenvalue weighted by Gasteiger charge is -2.12. The fourth-order valence-electron chi connectivity index (χ4n) is 1.88. The van der Waals surface area contributed by atoms with Gasteiger partial charge >= 0.3 is 0 Å². The van der Waals surface area contributed by atoms with E-state index in [4.69, 9.17) is 26.3 Å². The average molecular weight is 288 g/mol. The molecule has 0 saturated carbocycles. The van der Waals surface area contributed by atoms with Crippen LogP contribution in [0.4, 0.5) is 0 Å². The fourth-order valence-corrected chi connectivity index (χ4v) is 2.05. The first-order valence-electron chi connectivity index (χ1n) is 6.10. The minimum atomic E-state index is 0.319. The van der Waals surface area contributed by atoms with E-state index in [0.29, 0.717) is 22.9 Å². The molecule has 0 aliphatic rings. The average Bonchev–Trinajstić information content (AvgIpc) is 2.45. The molecule has 20 heavy (non-hydrogen) atoms. The molecule has 0 heterocycles. The van der Waals surface area contributed by atoms with E-state index in [0.717, 1.165) is 16.9 Å². The Kier molecular flexibility index (Phi) is 4.49. The smallest absolute Gasteiger partial charge is 0.139 e. The van der Waals surface area contributed by atoms with Crippen LogP contribution in [0.5, 0.6) is 11.5 Å². The summed E-state index contributed by atoms with van der Waals surface area (Å²) in [5.41, 5.74) is 2.51. The van der Waals surface area contributed by atoms with Gasteiger partial charge in [0.05, 0.1) is 12.7 Å². The van der Waals surface area contributed by atoms with Crippen molar-refractivity contribution < 1.29 is 9.47 Å². The predicted octanol–water partition coefficient (Wildman–Crippen LogP) is 4.11. The number of halogens is 1. The van der Waals surface area contributed by atoms with Crippen LogP contribution in [0.2, 0.25) is 5.02 Å². The van der Waals surface area contributed by atoms with Gasteiger partial charge in [-0.3, -0.25) is 0 Å². The Labute approximate surface area is 123 Å². The number of ether oxygens (including phenoxy) is 2. The number of rotatable bonds is 4. The Bertz CT molecular complexity index is 662. The summed E-state index contributed by atoms with van der Waals surface area (Å²) in [7, 11) is 1.62. The van der Waals surface area contributed by atoms with Gasteiger partial charge in [-0.1, -0.05) is 23.2 Å². The maximum Gasteiger partial charge on any atom is 0.139 e. The van der Waals surface area contributed by atoms with Crippen LogP contribution in [0.25, 0.3) is 0 Å². The Morgan fingerprint density at radius 2 is 1.95 bits per heavy atom. The van der Waals surface area contributed by atoms with Crippen LogP contribution in [0, 0.1) is 18.3 Å². The first kappa shape index (κ1) is 14.2. The van der Waals surface area contributed by atoms with Crippen molar-refractivity contribution in [2.45, 2.75) is 13.5 Å². The summed E-state index contributed by atoms with van der Waals surface area (Å²) in [6.07, 6.45) is 0. The van der Waals surface area contributed by atoms with Gasteiger partial charge in [0.1, 0.15) is 24.2 Å². The molecule has 102 valence electrons. The molecular formula is C16H14ClNO2. The molecule has 2 aromatic rings. The van der Waals surface area contributed by atoms with Crippen LogP contribution in [-0.4, -0.2) is 7.11 Å². The Morgan fingerprint density at radius 3 is 2.65 bits per heavy atom. The van der Waals surface area contributed by atoms with Crippen LogP contribution in [0.1, 0.15) is 16.7 Å². The molecule has 0 atom stereocenters. The number of hydrogen-bond acceptors (Lipinski definition) is 3. The molecule has 0 aliphatic heterocycles. The van der Waals surface area contributed by atoms with Gasteiger partial charge in [0.25, 0.3) is 0 Å². The summed E-state index contributed by atoms with van der Waals surface area (Å²) in [4.78, 5) is 0. The van der Waals surface area contributed by atoms with Crippen molar-refractivity contribution in [3.63, 3.8) is 0 Å². The maximum absolute atomic E-state index is 9.05. The Balaban J connectivity index is 2.23. The van der Waals surface area contributed by atoms with Crippen LogP contribution in [-0.2, 0) is 6.61 Å². The van der Waals surface area contributed by atoms with E-state index in [1.165, 1.54) is 0 Å². The Morgan fingerprint density at radius 1 is 1.15 bits per heavy atom. The molecule has 0 fully saturated rings. The summed E-state index contributed by atoms with van der Waals surface area (Å²) >= 11 is 5.93. The highest BCUT2D eigenvalue weighted by atomic mass is 35.5. The standard InChI is InChI=1S/C16H14ClNO2/c1-11-3-6-15(19-2)13(7-11)10-20-16-8-14(17)5-4-12(16)9-18/h3-8H,10H2,1-2H3. The van der Waals surface area contributed by atoms with Gasteiger partial charge in [0.15, 0.2) is 0 Å². The highest BCUT2D eigenvalue weighted by molar-refractivity contribution is 6.30. The minimum absolute atomic E-state index is 0.319. The van der Waals surface area contributed by atoms with Gasteiger partial charge in [0.2, 0.25) is 0 Å². The zero-order valence-electron chi connectivity index (χ0n) is 11.3. The first-order chi connectivity index (χ1) is 9.63. The third kappa shape index (κ3) is 3.23. The number of nitrogens with zero attached hydrogens (tertiary/aromatic N) is 1. The van der Waals surface area contributed by atoms with Crippen molar-refractivity contribution in [3.8, 4) is 17.6 Å². The summed E-state index contributed by atoms with van der Waals surface area (Å²) in [6.45, 7) is 2.32. The van der Waals surface area contributed by atoms with E-state index in [9.17, 15) is 0 Å². The van der Waals surface area contributed by atoms with Crippen molar-refractivity contribution >= 4 is 11.6 Å². The second-order valence-electron chi connectivity index (χ2n) is 4.36. The number of nitriles is 1. The van der Waals surface area contributed by atoms with E-state index in [2.05, 4.69) is 6.07 Å². The van der Waals surface area contributed by atoms with Crippen molar-refractivity contribution in [1.82, 2.24) is 0 Å². The fraction of sp³-hybridized carbons (Fsp3) is 0.188. The molecule has 0 N–H and O–H groups in total. The first-order valence-corrected chi connectivity index (χ1v) is 6.48. The van der Waals surface area contributed by atoms with Gasteiger partial charge in [0, 0.05) is 16.7 Å². The highest BCUT2D eigenvalue weighted by Gasteiger charge is 2.08. The molecule has 0 bridgehead atoms. The SMILES string of the molecule is COc1ccc(C)cc1COc1cc(Cl)ccc1C#N. The molecule has 0 amide bonds. The van der Waals surface area contributed by atoms with Crippen LogP contribution in [0.3, 0.4) is 0 Å². The van der Waals surface area contributed by atoms with Crippen molar-refractivity contribution in [3.05, 3.63) is 58.1 Å². The molecule has 0 radical (unpaired) electrons. The lowest BCUT2D eigenvalue weighted by Crippen LogP contribution is -2.00. The van der Waals surface area contributed by atoms with Crippen molar-refractivity contribution in [1.29, 1.82) is 5.26 Å². The van der Waals surface area contributed by atoms with Gasteiger partial charge in [-0.15, -0.1) is 0 Å². The molecule has 2 aromatic carbocycles.